The molecular weight excluding hydrogens is 398 g/mol. The van der Waals surface area contributed by atoms with Crippen LogP contribution in [0, 0.1) is 20.8 Å². The Morgan fingerprint density at radius 1 is 1.06 bits per heavy atom. The number of nitrogens with zero attached hydrogens (tertiary/aromatic N) is 1. The predicted molar refractivity (Wildman–Crippen MR) is 134 cm³/mol. The smallest absolute Gasteiger partial charge is 0.307 e. The Labute approximate surface area is 192 Å². The molecule has 0 aliphatic rings. The van der Waals surface area contributed by atoms with Crippen LogP contribution in [0.25, 0.3) is 10.9 Å². The maximum Gasteiger partial charge on any atom is 0.307 e. The summed E-state index contributed by atoms with van der Waals surface area (Å²) in [6.07, 6.45) is 4.49. The Morgan fingerprint density at radius 3 is 2.47 bits per heavy atom. The molecule has 0 radical (unpaired) electrons. The molecule has 0 bridgehead atoms. The van der Waals surface area contributed by atoms with Crippen molar-refractivity contribution in [3.63, 3.8) is 0 Å². The molecule has 5 heteroatoms. The van der Waals surface area contributed by atoms with Gasteiger partial charge in [-0.05, 0) is 74.6 Å². The molecule has 1 atom stereocenters. The van der Waals surface area contributed by atoms with Crippen molar-refractivity contribution in [2.45, 2.75) is 66.5 Å². The van der Waals surface area contributed by atoms with Gasteiger partial charge in [-0.2, -0.15) is 0 Å². The van der Waals surface area contributed by atoms with Crippen LogP contribution >= 0.6 is 0 Å². The van der Waals surface area contributed by atoms with Gasteiger partial charge < -0.3 is 19.9 Å². The van der Waals surface area contributed by atoms with Gasteiger partial charge in [-0.1, -0.05) is 25.5 Å². The molecule has 0 aliphatic carbocycles. The van der Waals surface area contributed by atoms with E-state index in [4.69, 9.17) is 4.74 Å². The number of aromatic nitrogens is 1. The Kier molecular flexibility index (Phi) is 7.84. The highest BCUT2D eigenvalue weighted by Crippen LogP contribution is 2.30. The minimum absolute atomic E-state index is 0.0431. The lowest BCUT2D eigenvalue weighted by Gasteiger charge is -2.22. The molecule has 3 aromatic rings. The lowest BCUT2D eigenvalue weighted by atomic mass is 10.0. The number of benzene rings is 2. The highest BCUT2D eigenvalue weighted by molar-refractivity contribution is 5.87. The minimum atomic E-state index is -0.150. The summed E-state index contributed by atoms with van der Waals surface area (Å²) in [5.41, 5.74) is 8.38. The monoisotopic (exact) mass is 435 g/mol. The van der Waals surface area contributed by atoms with Gasteiger partial charge in [0.1, 0.15) is 0 Å². The lowest BCUT2D eigenvalue weighted by molar-refractivity contribution is -0.143. The van der Waals surface area contributed by atoms with E-state index in [-0.39, 0.29) is 12.0 Å². The first-order valence-corrected chi connectivity index (χ1v) is 11.6. The maximum atomic E-state index is 12.1. The van der Waals surface area contributed by atoms with Gasteiger partial charge in [-0.3, -0.25) is 4.79 Å². The van der Waals surface area contributed by atoms with Gasteiger partial charge in [-0.25, -0.2) is 0 Å². The molecule has 0 saturated carbocycles. The zero-order valence-corrected chi connectivity index (χ0v) is 20.3. The number of nitrogens with one attached hydrogen (secondary N) is 2. The van der Waals surface area contributed by atoms with Gasteiger partial charge in [0.05, 0.1) is 24.4 Å². The third-order valence-electron chi connectivity index (χ3n) is 6.12. The fourth-order valence-electron chi connectivity index (χ4n) is 4.35. The van der Waals surface area contributed by atoms with E-state index in [0.717, 1.165) is 30.8 Å². The summed E-state index contributed by atoms with van der Waals surface area (Å²) in [5.74, 6) is -0.150. The van der Waals surface area contributed by atoms with Crippen LogP contribution in [0.15, 0.2) is 36.5 Å². The third-order valence-corrected chi connectivity index (χ3v) is 6.12. The molecule has 3 rings (SSSR count). The van der Waals surface area contributed by atoms with Crippen molar-refractivity contribution in [2.75, 3.05) is 17.2 Å². The fraction of sp³-hybridized carbons (Fsp3) is 0.444. The van der Waals surface area contributed by atoms with Crippen LogP contribution < -0.4 is 10.6 Å². The third kappa shape index (κ3) is 5.45. The van der Waals surface area contributed by atoms with Gasteiger partial charge in [0.25, 0.3) is 0 Å². The molecule has 1 aromatic heterocycles. The topological polar surface area (TPSA) is 55.3 Å². The number of carbonyl (C=O) groups is 1. The highest BCUT2D eigenvalue weighted by Gasteiger charge is 2.17. The highest BCUT2D eigenvalue weighted by atomic mass is 16.5. The average Bonchev–Trinajstić information content (AvgIpc) is 3.07. The number of rotatable bonds is 10. The van der Waals surface area contributed by atoms with Gasteiger partial charge in [0.2, 0.25) is 0 Å². The van der Waals surface area contributed by atoms with E-state index in [0.29, 0.717) is 13.0 Å². The number of fused-ring (bicyclic) bond motifs is 1. The predicted octanol–water partition coefficient (Wildman–Crippen LogP) is 6.25. The summed E-state index contributed by atoms with van der Waals surface area (Å²) in [7, 11) is 2.10. The number of ether oxygens (including phenoxy) is 1. The summed E-state index contributed by atoms with van der Waals surface area (Å²) in [5, 5.41) is 8.60. The molecule has 2 aromatic carbocycles. The summed E-state index contributed by atoms with van der Waals surface area (Å²) >= 11 is 0. The van der Waals surface area contributed by atoms with Gasteiger partial charge in [0.15, 0.2) is 0 Å². The number of hydrogen-bond acceptors (Lipinski definition) is 4. The van der Waals surface area contributed by atoms with E-state index in [9.17, 15) is 4.79 Å². The number of aryl methyl sites for hydroxylation is 4. The molecule has 1 unspecified atom stereocenters. The Bertz CT molecular complexity index is 1080. The van der Waals surface area contributed by atoms with E-state index in [2.05, 4.69) is 86.5 Å². The SMILES string of the molecule is CCCC(CC(=O)OCC)Nc1cc(C)c(C)cc1NCc1cn(C)c2cccc(C)c12. The minimum Gasteiger partial charge on any atom is -0.466 e. The normalized spacial score (nSPS) is 12.1. The molecule has 0 spiro atoms. The number of carbonyl (C=O) groups excluding carboxylic acids is 1. The summed E-state index contributed by atoms with van der Waals surface area (Å²) in [4.78, 5) is 12.1. The molecule has 1 heterocycles. The molecule has 32 heavy (non-hydrogen) atoms. The molecular formula is C27H37N3O2. The molecule has 0 aliphatic heterocycles. The molecule has 2 N–H and O–H groups in total. The standard InChI is InChI=1S/C27H37N3O2/c1-7-10-22(15-26(31)32-8-2)29-24-14-20(5)19(4)13-23(24)28-16-21-17-30(6)25-12-9-11-18(3)27(21)25/h9,11-14,17,22,28-29H,7-8,10,15-16H2,1-6H3. The fourth-order valence-corrected chi connectivity index (χ4v) is 4.35. The molecule has 0 fully saturated rings. The lowest BCUT2D eigenvalue weighted by Crippen LogP contribution is -2.25. The van der Waals surface area contributed by atoms with Crippen LogP contribution in [-0.4, -0.2) is 23.2 Å². The molecule has 0 amide bonds. The van der Waals surface area contributed by atoms with Crippen LogP contribution in [-0.2, 0) is 23.1 Å². The first-order valence-electron chi connectivity index (χ1n) is 11.6. The van der Waals surface area contributed by atoms with E-state index in [1.807, 2.05) is 6.92 Å². The van der Waals surface area contributed by atoms with E-state index in [1.165, 1.54) is 33.2 Å². The van der Waals surface area contributed by atoms with Gasteiger partial charge in [0, 0.05) is 36.7 Å². The molecule has 172 valence electrons. The molecule has 5 nitrogen and oxygen atoms in total. The number of anilines is 2. The quantitative estimate of drug-likeness (QED) is 0.370. The van der Waals surface area contributed by atoms with E-state index in [1.54, 1.807) is 0 Å². The summed E-state index contributed by atoms with van der Waals surface area (Å²) < 4.78 is 7.38. The number of esters is 1. The van der Waals surface area contributed by atoms with E-state index >= 15 is 0 Å². The average molecular weight is 436 g/mol. The largest absolute Gasteiger partial charge is 0.466 e. The Balaban J connectivity index is 1.86. The second-order valence-electron chi connectivity index (χ2n) is 8.71. The van der Waals surface area contributed by atoms with Crippen LogP contribution in [0.3, 0.4) is 0 Å². The number of hydrogen-bond donors (Lipinski definition) is 2. The van der Waals surface area contributed by atoms with Crippen LogP contribution in [0.5, 0.6) is 0 Å². The zero-order chi connectivity index (χ0) is 23.3. The Hall–Kier alpha value is -2.95. The first kappa shape index (κ1) is 23.7. The van der Waals surface area contributed by atoms with Crippen molar-refractivity contribution in [3.8, 4) is 0 Å². The van der Waals surface area contributed by atoms with Crippen molar-refractivity contribution >= 4 is 28.2 Å². The second-order valence-corrected chi connectivity index (χ2v) is 8.71. The van der Waals surface area contributed by atoms with Gasteiger partial charge in [-0.15, -0.1) is 0 Å². The summed E-state index contributed by atoms with van der Waals surface area (Å²) in [6, 6.07) is 10.9. The molecule has 0 saturated heterocycles. The maximum absolute atomic E-state index is 12.1. The first-order chi connectivity index (χ1) is 15.3. The van der Waals surface area contributed by atoms with Crippen molar-refractivity contribution < 1.29 is 9.53 Å². The van der Waals surface area contributed by atoms with Crippen molar-refractivity contribution in [1.29, 1.82) is 0 Å². The van der Waals surface area contributed by atoms with Crippen LogP contribution in [0.1, 0.15) is 55.4 Å². The van der Waals surface area contributed by atoms with Crippen molar-refractivity contribution in [3.05, 3.63) is 58.8 Å². The van der Waals surface area contributed by atoms with Crippen LogP contribution in [0.4, 0.5) is 11.4 Å². The second kappa shape index (κ2) is 10.6. The van der Waals surface area contributed by atoms with E-state index < -0.39 is 0 Å². The summed E-state index contributed by atoms with van der Waals surface area (Å²) in [6.45, 7) is 11.6. The van der Waals surface area contributed by atoms with Crippen molar-refractivity contribution in [1.82, 2.24) is 4.57 Å². The van der Waals surface area contributed by atoms with Crippen LogP contribution in [0.2, 0.25) is 0 Å². The van der Waals surface area contributed by atoms with Crippen molar-refractivity contribution in [2.24, 2.45) is 7.05 Å². The Morgan fingerprint density at radius 2 is 1.78 bits per heavy atom. The van der Waals surface area contributed by atoms with Gasteiger partial charge >= 0.3 is 5.97 Å². The zero-order valence-electron chi connectivity index (χ0n) is 20.3.